The van der Waals surface area contributed by atoms with Crippen molar-refractivity contribution in [3.63, 3.8) is 0 Å². The van der Waals surface area contributed by atoms with Gasteiger partial charge in [-0.1, -0.05) is 6.92 Å². The van der Waals surface area contributed by atoms with E-state index in [1.54, 1.807) is 6.07 Å². The van der Waals surface area contributed by atoms with Gasteiger partial charge in [-0.2, -0.15) is 0 Å². The average Bonchev–Trinajstić information content (AvgIpc) is 2.35. The molecule has 0 fully saturated rings. The minimum absolute atomic E-state index is 0.00653. The van der Waals surface area contributed by atoms with Crippen LogP contribution in [0.25, 0.3) is 10.9 Å². The van der Waals surface area contributed by atoms with Crippen LogP contribution in [0.3, 0.4) is 0 Å². The van der Waals surface area contributed by atoms with Crippen LogP contribution in [0, 0.1) is 17.5 Å². The van der Waals surface area contributed by atoms with Crippen molar-refractivity contribution in [1.29, 1.82) is 0 Å². The Bertz CT molecular complexity index is 597. The van der Waals surface area contributed by atoms with E-state index in [2.05, 4.69) is 10.3 Å². The van der Waals surface area contributed by atoms with E-state index >= 15 is 0 Å². The third kappa shape index (κ3) is 2.00. The van der Waals surface area contributed by atoms with Gasteiger partial charge in [-0.3, -0.25) is 0 Å². The number of anilines is 1. The maximum absolute atomic E-state index is 13.8. The molecular formula is C13H13F3N2. The third-order valence-corrected chi connectivity index (χ3v) is 2.71. The summed E-state index contributed by atoms with van der Waals surface area (Å²) in [7, 11) is 0. The number of halogens is 3. The fourth-order valence-electron chi connectivity index (χ4n) is 1.87. The monoisotopic (exact) mass is 254 g/mol. The van der Waals surface area contributed by atoms with Crippen molar-refractivity contribution in [1.82, 2.24) is 4.98 Å². The minimum atomic E-state index is -1.22. The molecule has 0 unspecified atom stereocenters. The molecule has 0 aliphatic rings. The van der Waals surface area contributed by atoms with Crippen molar-refractivity contribution in [3.8, 4) is 0 Å². The van der Waals surface area contributed by atoms with Gasteiger partial charge in [0.15, 0.2) is 11.6 Å². The lowest BCUT2D eigenvalue weighted by Crippen LogP contribution is -2.04. The van der Waals surface area contributed by atoms with Crippen molar-refractivity contribution < 1.29 is 13.2 Å². The molecule has 0 atom stereocenters. The molecule has 2 aromatic rings. The van der Waals surface area contributed by atoms with Crippen molar-refractivity contribution in [2.45, 2.75) is 20.3 Å². The van der Waals surface area contributed by atoms with Gasteiger partial charge in [0, 0.05) is 24.0 Å². The van der Waals surface area contributed by atoms with Crippen molar-refractivity contribution >= 4 is 16.6 Å². The first-order valence-corrected chi connectivity index (χ1v) is 5.79. The van der Waals surface area contributed by atoms with Crippen molar-refractivity contribution in [3.05, 3.63) is 35.3 Å². The molecule has 2 nitrogen and oxygen atoms in total. The van der Waals surface area contributed by atoms with Gasteiger partial charge in [0.1, 0.15) is 11.3 Å². The van der Waals surface area contributed by atoms with Gasteiger partial charge in [0.25, 0.3) is 0 Å². The second kappa shape index (κ2) is 4.84. The first-order chi connectivity index (χ1) is 8.58. The van der Waals surface area contributed by atoms with Crippen molar-refractivity contribution in [2.24, 2.45) is 0 Å². The molecule has 0 radical (unpaired) electrons. The normalized spacial score (nSPS) is 10.9. The Labute approximate surface area is 103 Å². The van der Waals surface area contributed by atoms with Crippen molar-refractivity contribution in [2.75, 3.05) is 11.9 Å². The lowest BCUT2D eigenvalue weighted by Gasteiger charge is -2.11. The molecule has 0 amide bonds. The fourth-order valence-corrected chi connectivity index (χ4v) is 1.87. The van der Waals surface area contributed by atoms with E-state index in [0.717, 1.165) is 0 Å². The maximum Gasteiger partial charge on any atom is 0.185 e. The number of aryl methyl sites for hydroxylation is 1. The number of hydrogen-bond donors (Lipinski definition) is 1. The lowest BCUT2D eigenvalue weighted by atomic mass is 10.1. The van der Waals surface area contributed by atoms with Gasteiger partial charge < -0.3 is 5.32 Å². The lowest BCUT2D eigenvalue weighted by molar-refractivity contribution is 0.504. The summed E-state index contributed by atoms with van der Waals surface area (Å²) < 4.78 is 40.6. The molecule has 96 valence electrons. The van der Waals surface area contributed by atoms with E-state index in [-0.39, 0.29) is 10.9 Å². The number of rotatable bonds is 3. The summed E-state index contributed by atoms with van der Waals surface area (Å²) in [5.41, 5.74) is 0.765. The van der Waals surface area contributed by atoms with Gasteiger partial charge in [-0.25, -0.2) is 18.2 Å². The number of pyridine rings is 1. The number of aromatic nitrogens is 1. The standard InChI is InChI=1S/C13H13F3N2/c1-3-7-5-10(17-4-2)11-8(14)6-9(15)12(16)13(11)18-7/h5-6H,3-4H2,1-2H3,(H,17,18). The van der Waals surface area contributed by atoms with Gasteiger partial charge in [-0.05, 0) is 19.4 Å². The Morgan fingerprint density at radius 1 is 1.11 bits per heavy atom. The first-order valence-electron chi connectivity index (χ1n) is 5.79. The number of hydrogen-bond acceptors (Lipinski definition) is 2. The van der Waals surface area contributed by atoms with E-state index in [0.29, 0.717) is 30.4 Å². The molecule has 2 rings (SSSR count). The zero-order valence-corrected chi connectivity index (χ0v) is 10.2. The van der Waals surface area contributed by atoms with Gasteiger partial charge in [0.05, 0.1) is 5.39 Å². The van der Waals surface area contributed by atoms with Crippen LogP contribution in [0.15, 0.2) is 12.1 Å². The molecule has 1 aromatic carbocycles. The summed E-state index contributed by atoms with van der Waals surface area (Å²) in [4.78, 5) is 3.96. The molecule has 0 saturated heterocycles. The van der Waals surface area contributed by atoms with Crippen LogP contribution in [0.1, 0.15) is 19.5 Å². The molecule has 0 bridgehead atoms. The molecule has 18 heavy (non-hydrogen) atoms. The fraction of sp³-hybridized carbons (Fsp3) is 0.308. The largest absolute Gasteiger partial charge is 0.385 e. The number of benzene rings is 1. The van der Waals surface area contributed by atoms with E-state index < -0.39 is 17.5 Å². The van der Waals surface area contributed by atoms with E-state index in [9.17, 15) is 13.2 Å². The molecule has 1 aromatic heterocycles. The van der Waals surface area contributed by atoms with Crippen LogP contribution in [-0.4, -0.2) is 11.5 Å². The third-order valence-electron chi connectivity index (χ3n) is 2.71. The summed E-state index contributed by atoms with van der Waals surface area (Å²) in [6.45, 7) is 4.24. The Morgan fingerprint density at radius 2 is 1.83 bits per heavy atom. The summed E-state index contributed by atoms with van der Waals surface area (Å²) in [6.07, 6.45) is 0.561. The Hall–Kier alpha value is -1.78. The Morgan fingerprint density at radius 3 is 2.44 bits per heavy atom. The highest BCUT2D eigenvalue weighted by Crippen LogP contribution is 2.29. The van der Waals surface area contributed by atoms with Gasteiger partial charge >= 0.3 is 0 Å². The van der Waals surface area contributed by atoms with E-state index in [1.807, 2.05) is 13.8 Å². The highest BCUT2D eigenvalue weighted by atomic mass is 19.2. The van der Waals surface area contributed by atoms with Crippen LogP contribution >= 0.6 is 0 Å². The molecular weight excluding hydrogens is 241 g/mol. The molecule has 0 aliphatic heterocycles. The van der Waals surface area contributed by atoms with E-state index in [4.69, 9.17) is 0 Å². The zero-order valence-electron chi connectivity index (χ0n) is 10.2. The van der Waals surface area contributed by atoms with Crippen LogP contribution < -0.4 is 5.32 Å². The minimum Gasteiger partial charge on any atom is -0.385 e. The zero-order chi connectivity index (χ0) is 13.3. The van der Waals surface area contributed by atoms with Crippen LogP contribution in [-0.2, 0) is 6.42 Å². The maximum atomic E-state index is 13.8. The highest BCUT2D eigenvalue weighted by molar-refractivity contribution is 5.92. The molecule has 0 saturated carbocycles. The summed E-state index contributed by atoms with van der Waals surface area (Å²) >= 11 is 0. The smallest absolute Gasteiger partial charge is 0.185 e. The first kappa shape index (κ1) is 12.7. The van der Waals surface area contributed by atoms with Crippen LogP contribution in [0.4, 0.5) is 18.9 Å². The number of nitrogens with zero attached hydrogens (tertiary/aromatic N) is 1. The van der Waals surface area contributed by atoms with Gasteiger partial charge in [-0.15, -0.1) is 0 Å². The van der Waals surface area contributed by atoms with Crippen LogP contribution in [0.2, 0.25) is 0 Å². The number of fused-ring (bicyclic) bond motifs is 1. The predicted octanol–water partition coefficient (Wildman–Crippen LogP) is 3.65. The summed E-state index contributed by atoms with van der Waals surface area (Å²) in [6, 6.07) is 2.21. The highest BCUT2D eigenvalue weighted by Gasteiger charge is 2.17. The van der Waals surface area contributed by atoms with E-state index in [1.165, 1.54) is 0 Å². The summed E-state index contributed by atoms with van der Waals surface area (Å²) in [5, 5.41) is 2.94. The molecule has 1 N–H and O–H groups in total. The van der Waals surface area contributed by atoms with Crippen LogP contribution in [0.5, 0.6) is 0 Å². The summed E-state index contributed by atoms with van der Waals surface area (Å²) in [5.74, 6) is -3.14. The molecule has 0 spiro atoms. The number of nitrogens with one attached hydrogen (secondary N) is 1. The molecule has 5 heteroatoms. The molecule has 1 heterocycles. The SMILES string of the molecule is CCNc1cc(CC)nc2c(F)c(F)cc(F)c12. The Balaban J connectivity index is 2.85. The second-order valence-corrected chi connectivity index (χ2v) is 3.92. The Kier molecular flexibility index (Phi) is 3.41. The average molecular weight is 254 g/mol. The second-order valence-electron chi connectivity index (χ2n) is 3.92. The predicted molar refractivity (Wildman–Crippen MR) is 65.2 cm³/mol. The molecule has 0 aliphatic carbocycles. The topological polar surface area (TPSA) is 24.9 Å². The quantitative estimate of drug-likeness (QED) is 0.846. The van der Waals surface area contributed by atoms with Gasteiger partial charge in [0.2, 0.25) is 0 Å².